The maximum atomic E-state index is 13.3. The maximum absolute atomic E-state index is 13.3. The van der Waals surface area contributed by atoms with Crippen LogP contribution in [0, 0.1) is 11.6 Å². The molecule has 6 heteroatoms. The second-order valence-corrected chi connectivity index (χ2v) is 5.15. The molecule has 0 aromatic heterocycles. The van der Waals surface area contributed by atoms with Crippen molar-refractivity contribution in [2.45, 2.75) is 6.04 Å². The maximum Gasteiger partial charge on any atom is 0.159 e. The highest BCUT2D eigenvalue weighted by molar-refractivity contribution is 9.10. The Bertz CT molecular complexity index is 664. The number of ether oxygens (including phenoxy) is 2. The number of methoxy groups -OCH3 is 2. The molecule has 0 saturated carbocycles. The van der Waals surface area contributed by atoms with Crippen LogP contribution in [-0.4, -0.2) is 14.2 Å². The van der Waals surface area contributed by atoms with Gasteiger partial charge in [-0.05, 0) is 45.8 Å². The Morgan fingerprint density at radius 3 is 2.33 bits per heavy atom. The van der Waals surface area contributed by atoms with E-state index in [-0.39, 0.29) is 0 Å². The minimum absolute atomic E-state index is 0.448. The molecule has 0 bridgehead atoms. The molecule has 1 atom stereocenters. The highest BCUT2D eigenvalue weighted by Crippen LogP contribution is 2.40. The van der Waals surface area contributed by atoms with Crippen LogP contribution in [0.2, 0.25) is 0 Å². The lowest BCUT2D eigenvalue weighted by atomic mass is 9.98. The van der Waals surface area contributed by atoms with Crippen molar-refractivity contribution >= 4 is 15.9 Å². The molecule has 0 amide bonds. The van der Waals surface area contributed by atoms with E-state index in [2.05, 4.69) is 15.9 Å². The molecule has 1 unspecified atom stereocenters. The number of rotatable bonds is 4. The van der Waals surface area contributed by atoms with E-state index < -0.39 is 17.7 Å². The zero-order valence-corrected chi connectivity index (χ0v) is 13.1. The molecule has 2 aromatic carbocycles. The molecule has 0 radical (unpaired) electrons. The molecular formula is C15H14BrF2NO2. The topological polar surface area (TPSA) is 44.5 Å². The number of hydrogen-bond acceptors (Lipinski definition) is 3. The predicted octanol–water partition coefficient (Wildman–Crippen LogP) is 3.79. The van der Waals surface area contributed by atoms with Crippen LogP contribution in [0.5, 0.6) is 11.5 Å². The van der Waals surface area contributed by atoms with Gasteiger partial charge in [0.2, 0.25) is 0 Å². The first-order chi connectivity index (χ1) is 9.99. The highest BCUT2D eigenvalue weighted by atomic mass is 79.9. The van der Waals surface area contributed by atoms with Crippen LogP contribution in [0.25, 0.3) is 0 Å². The summed E-state index contributed by atoms with van der Waals surface area (Å²) in [6, 6.07) is 6.38. The monoisotopic (exact) mass is 357 g/mol. The fourth-order valence-electron chi connectivity index (χ4n) is 2.05. The summed E-state index contributed by atoms with van der Waals surface area (Å²) >= 11 is 3.38. The summed E-state index contributed by atoms with van der Waals surface area (Å²) in [5.41, 5.74) is 7.23. The molecule has 0 aliphatic heterocycles. The minimum atomic E-state index is -0.936. The standard InChI is InChI=1S/C15H14BrF2NO2/c1-20-12-6-4-9(15(21-2)13(12)16)14(19)8-3-5-10(17)11(18)7-8/h3-7,14H,19H2,1-2H3. The van der Waals surface area contributed by atoms with Gasteiger partial charge < -0.3 is 15.2 Å². The molecule has 3 nitrogen and oxygen atoms in total. The van der Waals surface area contributed by atoms with Gasteiger partial charge in [-0.2, -0.15) is 0 Å². The van der Waals surface area contributed by atoms with Crippen molar-refractivity contribution in [2.75, 3.05) is 14.2 Å². The van der Waals surface area contributed by atoms with E-state index in [0.717, 1.165) is 12.1 Å². The molecule has 2 aromatic rings. The van der Waals surface area contributed by atoms with Gasteiger partial charge in [0, 0.05) is 5.56 Å². The molecule has 0 heterocycles. The molecule has 0 aliphatic carbocycles. The van der Waals surface area contributed by atoms with E-state index in [9.17, 15) is 8.78 Å². The third-order valence-electron chi connectivity index (χ3n) is 3.15. The number of benzene rings is 2. The Hall–Kier alpha value is -1.66. The predicted molar refractivity (Wildman–Crippen MR) is 79.6 cm³/mol. The second-order valence-electron chi connectivity index (χ2n) is 4.36. The van der Waals surface area contributed by atoms with Gasteiger partial charge >= 0.3 is 0 Å². The molecular weight excluding hydrogens is 344 g/mol. The number of halogens is 3. The van der Waals surface area contributed by atoms with Crippen molar-refractivity contribution in [1.29, 1.82) is 0 Å². The Labute approximate surface area is 129 Å². The Morgan fingerprint density at radius 1 is 1.05 bits per heavy atom. The minimum Gasteiger partial charge on any atom is -0.495 e. The summed E-state index contributed by atoms with van der Waals surface area (Å²) in [6.07, 6.45) is 0. The van der Waals surface area contributed by atoms with Crippen LogP contribution >= 0.6 is 15.9 Å². The molecule has 0 fully saturated rings. The Balaban J connectivity index is 2.50. The van der Waals surface area contributed by atoms with Gasteiger partial charge in [-0.25, -0.2) is 8.78 Å². The molecule has 0 saturated heterocycles. The third-order valence-corrected chi connectivity index (χ3v) is 3.90. The second kappa shape index (κ2) is 6.41. The van der Waals surface area contributed by atoms with Crippen molar-refractivity contribution < 1.29 is 18.3 Å². The molecule has 0 spiro atoms. The first-order valence-corrected chi connectivity index (χ1v) is 6.89. The molecule has 21 heavy (non-hydrogen) atoms. The van der Waals surface area contributed by atoms with E-state index in [4.69, 9.17) is 15.2 Å². The van der Waals surface area contributed by atoms with E-state index in [0.29, 0.717) is 27.1 Å². The summed E-state index contributed by atoms with van der Waals surface area (Å²) in [4.78, 5) is 0. The van der Waals surface area contributed by atoms with Crippen molar-refractivity contribution in [3.8, 4) is 11.5 Å². The lowest BCUT2D eigenvalue weighted by molar-refractivity contribution is 0.385. The molecule has 2 N–H and O–H groups in total. The first-order valence-electron chi connectivity index (χ1n) is 6.10. The molecule has 2 rings (SSSR count). The average molecular weight is 358 g/mol. The van der Waals surface area contributed by atoms with Crippen molar-refractivity contribution in [1.82, 2.24) is 0 Å². The number of hydrogen-bond donors (Lipinski definition) is 1. The highest BCUT2D eigenvalue weighted by Gasteiger charge is 2.20. The zero-order valence-electron chi connectivity index (χ0n) is 11.5. The van der Waals surface area contributed by atoms with E-state index in [1.807, 2.05) is 0 Å². The average Bonchev–Trinajstić information content (AvgIpc) is 2.49. The van der Waals surface area contributed by atoms with Gasteiger partial charge in [-0.3, -0.25) is 0 Å². The quantitative estimate of drug-likeness (QED) is 0.905. The first kappa shape index (κ1) is 15.7. The van der Waals surface area contributed by atoms with Gasteiger partial charge in [0.05, 0.1) is 20.3 Å². The van der Waals surface area contributed by atoms with Gasteiger partial charge in [-0.1, -0.05) is 6.07 Å². The summed E-state index contributed by atoms with van der Waals surface area (Å²) in [7, 11) is 3.04. The summed E-state index contributed by atoms with van der Waals surface area (Å²) in [6.45, 7) is 0. The van der Waals surface area contributed by atoms with Crippen LogP contribution in [0.1, 0.15) is 17.2 Å². The molecule has 112 valence electrons. The fourth-order valence-corrected chi connectivity index (χ4v) is 2.73. The van der Waals surface area contributed by atoms with Gasteiger partial charge in [0.25, 0.3) is 0 Å². The summed E-state index contributed by atoms with van der Waals surface area (Å²) in [5.74, 6) is -0.761. The summed E-state index contributed by atoms with van der Waals surface area (Å²) in [5, 5.41) is 0. The molecule has 0 aliphatic rings. The van der Waals surface area contributed by atoms with E-state index >= 15 is 0 Å². The summed E-state index contributed by atoms with van der Waals surface area (Å²) < 4.78 is 37.5. The van der Waals surface area contributed by atoms with Crippen LogP contribution in [-0.2, 0) is 0 Å². The lowest BCUT2D eigenvalue weighted by Gasteiger charge is -2.19. The normalized spacial score (nSPS) is 12.1. The Kier molecular flexibility index (Phi) is 4.80. The van der Waals surface area contributed by atoms with Crippen LogP contribution < -0.4 is 15.2 Å². The Morgan fingerprint density at radius 2 is 1.76 bits per heavy atom. The smallest absolute Gasteiger partial charge is 0.159 e. The largest absolute Gasteiger partial charge is 0.495 e. The van der Waals surface area contributed by atoms with Crippen LogP contribution in [0.4, 0.5) is 8.78 Å². The van der Waals surface area contributed by atoms with Gasteiger partial charge in [0.15, 0.2) is 11.6 Å². The van der Waals surface area contributed by atoms with E-state index in [1.54, 1.807) is 12.1 Å². The SMILES string of the molecule is COc1ccc(C(N)c2ccc(F)c(F)c2)c(OC)c1Br. The van der Waals surface area contributed by atoms with Crippen LogP contribution in [0.15, 0.2) is 34.8 Å². The number of nitrogens with two attached hydrogens (primary N) is 1. The lowest BCUT2D eigenvalue weighted by Crippen LogP contribution is -2.14. The zero-order chi connectivity index (χ0) is 15.6. The van der Waals surface area contributed by atoms with Gasteiger partial charge in [0.1, 0.15) is 16.0 Å². The van der Waals surface area contributed by atoms with Crippen molar-refractivity contribution in [2.24, 2.45) is 5.73 Å². The van der Waals surface area contributed by atoms with E-state index in [1.165, 1.54) is 20.3 Å². The van der Waals surface area contributed by atoms with Crippen molar-refractivity contribution in [3.05, 3.63) is 57.6 Å². The third kappa shape index (κ3) is 3.01. The van der Waals surface area contributed by atoms with Gasteiger partial charge in [-0.15, -0.1) is 0 Å². The fraction of sp³-hybridized carbons (Fsp3) is 0.200. The van der Waals surface area contributed by atoms with Crippen LogP contribution in [0.3, 0.4) is 0 Å². The van der Waals surface area contributed by atoms with Crippen molar-refractivity contribution in [3.63, 3.8) is 0 Å².